The number of thiocarbonyl (C=S) groups is 1. The van der Waals surface area contributed by atoms with E-state index in [-0.39, 0.29) is 22.3 Å². The summed E-state index contributed by atoms with van der Waals surface area (Å²) in [6, 6.07) is 21.3. The van der Waals surface area contributed by atoms with Gasteiger partial charge in [0.05, 0.1) is 16.2 Å². The topological polar surface area (TPSA) is 124 Å². The van der Waals surface area contributed by atoms with E-state index in [0.29, 0.717) is 48.9 Å². The van der Waals surface area contributed by atoms with Gasteiger partial charge in [-0.3, -0.25) is 25.0 Å². The normalized spacial score (nSPS) is 15.0. The molecule has 3 aromatic carbocycles. The smallest absolute Gasteiger partial charge is 0.289 e. The molecule has 12 heteroatoms. The van der Waals surface area contributed by atoms with Gasteiger partial charge in [0.25, 0.3) is 17.5 Å². The fraction of sp³-hybridized carbons (Fsp3) is 0.258. The Labute approximate surface area is 253 Å². The molecule has 0 radical (unpaired) electrons. The van der Waals surface area contributed by atoms with Gasteiger partial charge >= 0.3 is 0 Å². The Morgan fingerprint density at radius 1 is 0.860 bits per heavy atom. The first-order chi connectivity index (χ1) is 20.9. The molecular formula is C31H30N6O5S. The number of anilines is 3. The van der Waals surface area contributed by atoms with Crippen LogP contribution in [0.25, 0.3) is 11.0 Å². The van der Waals surface area contributed by atoms with E-state index in [1.807, 2.05) is 53.4 Å². The SMILES string of the molecule is O=C(NC(=S)Nc1ccc(N2CCN(C(=O)c3cc4ccccc4o3)CC2)cc1)c1cc([N+](=O)[O-])ccc1N1CCCC1. The molecule has 43 heavy (non-hydrogen) atoms. The van der Waals surface area contributed by atoms with Gasteiger partial charge in [0.2, 0.25) is 0 Å². The summed E-state index contributed by atoms with van der Waals surface area (Å²) >= 11 is 5.39. The third-order valence-electron chi connectivity index (χ3n) is 7.80. The third-order valence-corrected chi connectivity index (χ3v) is 8.01. The maximum atomic E-state index is 13.1. The third kappa shape index (κ3) is 6.14. The molecule has 2 aliphatic heterocycles. The fourth-order valence-electron chi connectivity index (χ4n) is 5.55. The second kappa shape index (κ2) is 12.1. The van der Waals surface area contributed by atoms with Crippen LogP contribution in [0.3, 0.4) is 0 Å². The summed E-state index contributed by atoms with van der Waals surface area (Å²) in [5.74, 6) is -0.260. The molecule has 6 rings (SSSR count). The predicted octanol–water partition coefficient (Wildman–Crippen LogP) is 5.03. The van der Waals surface area contributed by atoms with Crippen molar-refractivity contribution in [3.63, 3.8) is 0 Å². The fourth-order valence-corrected chi connectivity index (χ4v) is 5.76. The van der Waals surface area contributed by atoms with Crippen LogP contribution >= 0.6 is 12.2 Å². The zero-order chi connectivity index (χ0) is 29.9. The van der Waals surface area contributed by atoms with Gasteiger partial charge in [-0.15, -0.1) is 0 Å². The minimum absolute atomic E-state index is 0.0920. The number of piperazine rings is 1. The zero-order valence-corrected chi connectivity index (χ0v) is 24.1. The predicted molar refractivity (Wildman–Crippen MR) is 169 cm³/mol. The standard InChI is InChI=1S/C31H30N6O5S/c38-29(25-20-24(37(40)41)11-12-26(25)35-13-3-4-14-35)33-31(43)32-22-7-9-23(10-8-22)34-15-17-36(18-16-34)30(39)28-19-21-5-1-2-6-27(21)42-28/h1-2,5-12,19-20H,3-4,13-18H2,(H2,32,33,38,43). The lowest BCUT2D eigenvalue weighted by atomic mass is 10.1. The molecule has 1 aromatic heterocycles. The second-order valence-corrected chi connectivity index (χ2v) is 10.9. The number of non-ortho nitro benzene ring substituents is 1. The number of furan rings is 1. The number of nitrogens with zero attached hydrogens (tertiary/aromatic N) is 4. The minimum Gasteiger partial charge on any atom is -0.451 e. The van der Waals surface area contributed by atoms with Crippen molar-refractivity contribution in [2.45, 2.75) is 12.8 Å². The van der Waals surface area contributed by atoms with E-state index >= 15 is 0 Å². The van der Waals surface area contributed by atoms with Gasteiger partial charge in [0.1, 0.15) is 5.58 Å². The van der Waals surface area contributed by atoms with E-state index in [2.05, 4.69) is 20.4 Å². The molecule has 2 N–H and O–H groups in total. The second-order valence-electron chi connectivity index (χ2n) is 10.5. The Bertz CT molecular complexity index is 1660. The zero-order valence-electron chi connectivity index (χ0n) is 23.3. The molecule has 2 fully saturated rings. The summed E-state index contributed by atoms with van der Waals surface area (Å²) in [6.45, 7) is 4.08. The number of fused-ring (bicyclic) bond motifs is 1. The molecule has 2 amide bonds. The van der Waals surface area contributed by atoms with Gasteiger partial charge in [-0.1, -0.05) is 18.2 Å². The van der Waals surface area contributed by atoms with Gasteiger partial charge in [0.15, 0.2) is 10.9 Å². The molecule has 0 bridgehead atoms. The summed E-state index contributed by atoms with van der Waals surface area (Å²) in [7, 11) is 0. The van der Waals surface area contributed by atoms with Gasteiger partial charge < -0.3 is 24.4 Å². The average Bonchev–Trinajstić information content (AvgIpc) is 3.72. The number of nitro groups is 1. The quantitative estimate of drug-likeness (QED) is 0.179. The molecule has 0 spiro atoms. The average molecular weight is 599 g/mol. The van der Waals surface area contributed by atoms with Crippen LogP contribution in [0, 0.1) is 10.1 Å². The largest absolute Gasteiger partial charge is 0.451 e. The Hall–Kier alpha value is -4.97. The van der Waals surface area contributed by atoms with E-state index in [0.717, 1.165) is 37.0 Å². The first-order valence-electron chi connectivity index (χ1n) is 14.1. The monoisotopic (exact) mass is 598 g/mol. The van der Waals surface area contributed by atoms with Crippen LogP contribution < -0.4 is 20.4 Å². The highest BCUT2D eigenvalue weighted by molar-refractivity contribution is 7.80. The van der Waals surface area contributed by atoms with Gasteiger partial charge in [-0.25, -0.2) is 0 Å². The summed E-state index contributed by atoms with van der Waals surface area (Å²) in [6.07, 6.45) is 2.01. The van der Waals surface area contributed by atoms with Crippen molar-refractivity contribution in [2.75, 3.05) is 54.4 Å². The van der Waals surface area contributed by atoms with Crippen molar-refractivity contribution >= 4 is 62.9 Å². The highest BCUT2D eigenvalue weighted by Gasteiger charge is 2.25. The number of carbonyl (C=O) groups is 2. The Balaban J connectivity index is 1.04. The number of nitrogens with one attached hydrogen (secondary N) is 2. The first kappa shape index (κ1) is 28.2. The lowest BCUT2D eigenvalue weighted by molar-refractivity contribution is -0.384. The van der Waals surface area contributed by atoms with Crippen molar-refractivity contribution in [3.8, 4) is 0 Å². The summed E-state index contributed by atoms with van der Waals surface area (Å²) in [5.41, 5.74) is 3.12. The first-order valence-corrected chi connectivity index (χ1v) is 14.5. The molecule has 2 aliphatic rings. The molecule has 220 valence electrons. The van der Waals surface area contributed by atoms with Crippen LogP contribution in [0.4, 0.5) is 22.7 Å². The Kier molecular flexibility index (Phi) is 7.93. The number of amides is 2. The number of carbonyl (C=O) groups excluding carboxylic acids is 2. The molecule has 0 unspecified atom stereocenters. The van der Waals surface area contributed by atoms with Crippen LogP contribution in [0.1, 0.15) is 33.8 Å². The Morgan fingerprint density at radius 2 is 1.58 bits per heavy atom. The highest BCUT2D eigenvalue weighted by atomic mass is 32.1. The molecule has 2 saturated heterocycles. The van der Waals surface area contributed by atoms with Crippen LogP contribution in [0.15, 0.2) is 77.2 Å². The number of benzene rings is 3. The van der Waals surface area contributed by atoms with E-state index in [4.69, 9.17) is 16.6 Å². The molecule has 0 saturated carbocycles. The Morgan fingerprint density at radius 3 is 2.28 bits per heavy atom. The maximum Gasteiger partial charge on any atom is 0.289 e. The minimum atomic E-state index is -0.513. The van der Waals surface area contributed by atoms with E-state index < -0.39 is 10.8 Å². The number of rotatable bonds is 6. The summed E-state index contributed by atoms with van der Waals surface area (Å²) in [5, 5.41) is 18.0. The van der Waals surface area contributed by atoms with Crippen LogP contribution in [0.5, 0.6) is 0 Å². The van der Waals surface area contributed by atoms with Crippen molar-refractivity contribution in [1.29, 1.82) is 0 Å². The summed E-state index contributed by atoms with van der Waals surface area (Å²) < 4.78 is 5.75. The number of para-hydroxylation sites is 1. The summed E-state index contributed by atoms with van der Waals surface area (Å²) in [4.78, 5) is 43.0. The lowest BCUT2D eigenvalue weighted by Crippen LogP contribution is -2.48. The van der Waals surface area contributed by atoms with Crippen molar-refractivity contribution in [1.82, 2.24) is 10.2 Å². The van der Waals surface area contributed by atoms with Gasteiger partial charge in [0, 0.05) is 68.2 Å². The molecule has 0 atom stereocenters. The maximum absolute atomic E-state index is 13.1. The van der Waals surface area contributed by atoms with E-state index in [1.165, 1.54) is 12.1 Å². The molecule has 3 heterocycles. The highest BCUT2D eigenvalue weighted by Crippen LogP contribution is 2.29. The molecule has 11 nitrogen and oxygen atoms in total. The molecular weight excluding hydrogens is 568 g/mol. The number of hydrogen-bond acceptors (Lipinski definition) is 8. The molecule has 0 aliphatic carbocycles. The van der Waals surface area contributed by atoms with Crippen molar-refractivity contribution < 1.29 is 18.9 Å². The molecule has 4 aromatic rings. The van der Waals surface area contributed by atoms with E-state index in [9.17, 15) is 19.7 Å². The van der Waals surface area contributed by atoms with Crippen LogP contribution in [0.2, 0.25) is 0 Å². The number of nitro benzene ring substituents is 1. The van der Waals surface area contributed by atoms with Crippen LogP contribution in [-0.4, -0.2) is 66.0 Å². The lowest BCUT2D eigenvalue weighted by Gasteiger charge is -2.35. The van der Waals surface area contributed by atoms with Crippen molar-refractivity contribution in [3.05, 3.63) is 94.2 Å². The van der Waals surface area contributed by atoms with Crippen molar-refractivity contribution in [2.24, 2.45) is 0 Å². The van der Waals surface area contributed by atoms with Crippen LogP contribution in [-0.2, 0) is 0 Å². The van der Waals surface area contributed by atoms with Gasteiger partial charge in [-0.05, 0) is 67.5 Å². The van der Waals surface area contributed by atoms with Gasteiger partial charge in [-0.2, -0.15) is 0 Å². The van der Waals surface area contributed by atoms with E-state index in [1.54, 1.807) is 12.1 Å². The number of hydrogen-bond donors (Lipinski definition) is 2.